The highest BCUT2D eigenvalue weighted by Gasteiger charge is 2.43. The fourth-order valence-corrected chi connectivity index (χ4v) is 2.20. The van der Waals surface area contributed by atoms with Gasteiger partial charge in [-0.1, -0.05) is 33.1 Å². The second-order valence-electron chi connectivity index (χ2n) is 4.99. The normalized spacial score (nSPS) is 21.8. The number of amides is 1. The number of nitrogens with one attached hydrogen (secondary N) is 1. The maximum absolute atomic E-state index is 11.9. The lowest BCUT2D eigenvalue weighted by molar-refractivity contribution is -0.147. The van der Waals surface area contributed by atoms with Crippen molar-refractivity contribution in [3.05, 3.63) is 0 Å². The molecule has 0 saturated heterocycles. The molecule has 0 aliphatic heterocycles. The first-order valence-corrected chi connectivity index (χ1v) is 6.24. The summed E-state index contributed by atoms with van der Waals surface area (Å²) in [6.07, 6.45) is 3.48. The molecular weight excluding hydrogens is 220 g/mol. The molecule has 5 nitrogen and oxygen atoms in total. The van der Waals surface area contributed by atoms with Gasteiger partial charge >= 0.3 is 5.97 Å². The van der Waals surface area contributed by atoms with Gasteiger partial charge in [-0.25, -0.2) is 4.79 Å². The van der Waals surface area contributed by atoms with Crippen LogP contribution in [0.15, 0.2) is 0 Å². The second kappa shape index (κ2) is 5.49. The van der Waals surface area contributed by atoms with Crippen molar-refractivity contribution < 1.29 is 14.7 Å². The molecule has 17 heavy (non-hydrogen) atoms. The summed E-state index contributed by atoms with van der Waals surface area (Å²) in [7, 11) is 0. The molecule has 0 aromatic rings. The summed E-state index contributed by atoms with van der Waals surface area (Å²) in [6, 6.07) is -0.628. The molecule has 0 bridgehead atoms. The average molecular weight is 242 g/mol. The highest BCUT2D eigenvalue weighted by molar-refractivity contribution is 5.89. The van der Waals surface area contributed by atoms with Crippen molar-refractivity contribution in [1.82, 2.24) is 5.32 Å². The van der Waals surface area contributed by atoms with Gasteiger partial charge < -0.3 is 16.2 Å². The van der Waals surface area contributed by atoms with Gasteiger partial charge in [0.25, 0.3) is 0 Å². The zero-order valence-corrected chi connectivity index (χ0v) is 10.5. The Bertz CT molecular complexity index is 298. The Morgan fingerprint density at radius 3 is 2.35 bits per heavy atom. The summed E-state index contributed by atoms with van der Waals surface area (Å²) in [5.41, 5.74) is 4.72. The zero-order chi connectivity index (χ0) is 13.1. The minimum atomic E-state index is -1.08. The van der Waals surface area contributed by atoms with Crippen LogP contribution < -0.4 is 11.1 Å². The van der Waals surface area contributed by atoms with Crippen LogP contribution in [0.5, 0.6) is 0 Å². The number of hydrogen-bond acceptors (Lipinski definition) is 3. The molecule has 4 N–H and O–H groups in total. The summed E-state index contributed by atoms with van der Waals surface area (Å²) in [5.74, 6) is -1.23. The fourth-order valence-electron chi connectivity index (χ4n) is 2.20. The Morgan fingerprint density at radius 2 is 1.94 bits per heavy atom. The van der Waals surface area contributed by atoms with Gasteiger partial charge in [-0.2, -0.15) is 0 Å². The topological polar surface area (TPSA) is 92.4 Å². The van der Waals surface area contributed by atoms with Gasteiger partial charge in [-0.3, -0.25) is 4.79 Å². The number of carboxylic acids is 1. The monoisotopic (exact) mass is 242 g/mol. The molecule has 0 aromatic carbocycles. The molecule has 0 aromatic heterocycles. The van der Waals surface area contributed by atoms with Crippen LogP contribution in [0.3, 0.4) is 0 Å². The van der Waals surface area contributed by atoms with Gasteiger partial charge in [-0.05, 0) is 18.8 Å². The number of aliphatic carboxylic acids is 1. The van der Waals surface area contributed by atoms with Crippen molar-refractivity contribution in [2.75, 3.05) is 0 Å². The first-order valence-electron chi connectivity index (χ1n) is 6.24. The predicted octanol–water partition coefficient (Wildman–Crippen LogP) is 0.873. The molecule has 2 atom stereocenters. The number of rotatable bonds is 5. The molecule has 0 radical (unpaired) electrons. The van der Waals surface area contributed by atoms with E-state index in [1.807, 2.05) is 13.8 Å². The van der Waals surface area contributed by atoms with Crippen LogP contribution in [0.25, 0.3) is 0 Å². The van der Waals surface area contributed by atoms with E-state index in [2.05, 4.69) is 5.32 Å². The van der Waals surface area contributed by atoms with E-state index in [1.54, 1.807) is 0 Å². The SMILES string of the molecule is CCC(C)C(N)C(=O)NC1(C(=O)O)CCCC1. The van der Waals surface area contributed by atoms with Crippen molar-refractivity contribution in [3.8, 4) is 0 Å². The molecule has 0 spiro atoms. The van der Waals surface area contributed by atoms with E-state index in [1.165, 1.54) is 0 Å². The van der Waals surface area contributed by atoms with E-state index < -0.39 is 17.6 Å². The van der Waals surface area contributed by atoms with Gasteiger partial charge in [0.15, 0.2) is 0 Å². The smallest absolute Gasteiger partial charge is 0.329 e. The zero-order valence-electron chi connectivity index (χ0n) is 10.5. The first kappa shape index (κ1) is 14.0. The van der Waals surface area contributed by atoms with Crippen molar-refractivity contribution >= 4 is 11.9 Å². The summed E-state index contributed by atoms with van der Waals surface area (Å²) in [6.45, 7) is 3.85. The largest absolute Gasteiger partial charge is 0.480 e. The standard InChI is InChI=1S/C12H22N2O3/c1-3-8(2)9(13)10(15)14-12(11(16)17)6-4-5-7-12/h8-9H,3-7,13H2,1-2H3,(H,14,15)(H,16,17). The van der Waals surface area contributed by atoms with E-state index in [0.29, 0.717) is 12.8 Å². The summed E-state index contributed by atoms with van der Waals surface area (Å²) in [5, 5.41) is 11.9. The summed E-state index contributed by atoms with van der Waals surface area (Å²) < 4.78 is 0. The van der Waals surface area contributed by atoms with Crippen molar-refractivity contribution in [2.45, 2.75) is 57.5 Å². The van der Waals surface area contributed by atoms with Crippen LogP contribution in [0.1, 0.15) is 46.0 Å². The van der Waals surface area contributed by atoms with Crippen LogP contribution in [0, 0.1) is 5.92 Å². The molecule has 1 fully saturated rings. The second-order valence-corrected chi connectivity index (χ2v) is 4.99. The number of nitrogens with two attached hydrogens (primary N) is 1. The fraction of sp³-hybridized carbons (Fsp3) is 0.833. The van der Waals surface area contributed by atoms with Gasteiger partial charge in [0.05, 0.1) is 6.04 Å². The van der Waals surface area contributed by atoms with E-state index >= 15 is 0 Å². The van der Waals surface area contributed by atoms with Crippen LogP contribution >= 0.6 is 0 Å². The summed E-state index contributed by atoms with van der Waals surface area (Å²) in [4.78, 5) is 23.2. The predicted molar refractivity (Wildman–Crippen MR) is 64.4 cm³/mol. The number of carbonyl (C=O) groups excluding carboxylic acids is 1. The van der Waals surface area contributed by atoms with E-state index in [9.17, 15) is 14.7 Å². The summed E-state index contributed by atoms with van der Waals surface area (Å²) >= 11 is 0. The van der Waals surface area contributed by atoms with Gasteiger partial charge in [0.1, 0.15) is 5.54 Å². The number of hydrogen-bond donors (Lipinski definition) is 3. The highest BCUT2D eigenvalue weighted by Crippen LogP contribution is 2.30. The van der Waals surface area contributed by atoms with Crippen LogP contribution in [0.4, 0.5) is 0 Å². The molecular formula is C12H22N2O3. The third kappa shape index (κ3) is 2.97. The van der Waals surface area contributed by atoms with Gasteiger partial charge in [-0.15, -0.1) is 0 Å². The van der Waals surface area contributed by atoms with Crippen LogP contribution in [0.2, 0.25) is 0 Å². The van der Waals surface area contributed by atoms with E-state index in [-0.39, 0.29) is 11.8 Å². The number of carboxylic acid groups (broad SMARTS) is 1. The quantitative estimate of drug-likeness (QED) is 0.667. The van der Waals surface area contributed by atoms with Crippen molar-refractivity contribution in [2.24, 2.45) is 11.7 Å². The molecule has 1 saturated carbocycles. The molecule has 5 heteroatoms. The van der Waals surface area contributed by atoms with Crippen molar-refractivity contribution in [1.29, 1.82) is 0 Å². The Hall–Kier alpha value is -1.10. The molecule has 1 aliphatic rings. The Morgan fingerprint density at radius 1 is 1.41 bits per heavy atom. The Kier molecular flexibility index (Phi) is 4.51. The third-order valence-electron chi connectivity index (χ3n) is 3.79. The van der Waals surface area contributed by atoms with Crippen molar-refractivity contribution in [3.63, 3.8) is 0 Å². The lowest BCUT2D eigenvalue weighted by Crippen LogP contribution is -2.57. The molecule has 98 valence electrons. The maximum Gasteiger partial charge on any atom is 0.329 e. The minimum absolute atomic E-state index is 0.0576. The third-order valence-corrected chi connectivity index (χ3v) is 3.79. The van der Waals surface area contributed by atoms with Gasteiger partial charge in [0.2, 0.25) is 5.91 Å². The molecule has 0 heterocycles. The molecule has 1 aliphatic carbocycles. The van der Waals surface area contributed by atoms with E-state index in [0.717, 1.165) is 19.3 Å². The lowest BCUT2D eigenvalue weighted by atomic mass is 9.94. The molecule has 1 rings (SSSR count). The van der Waals surface area contributed by atoms with Gasteiger partial charge in [0, 0.05) is 0 Å². The Balaban J connectivity index is 2.68. The van der Waals surface area contributed by atoms with Crippen LogP contribution in [-0.4, -0.2) is 28.6 Å². The lowest BCUT2D eigenvalue weighted by Gasteiger charge is -2.28. The molecule has 1 amide bonds. The number of carbonyl (C=O) groups is 2. The minimum Gasteiger partial charge on any atom is -0.480 e. The maximum atomic E-state index is 11.9. The van der Waals surface area contributed by atoms with Crippen LogP contribution in [-0.2, 0) is 9.59 Å². The highest BCUT2D eigenvalue weighted by atomic mass is 16.4. The first-order chi connectivity index (χ1) is 7.93. The molecule has 2 unspecified atom stereocenters. The Labute approximate surface area is 102 Å². The average Bonchev–Trinajstić information content (AvgIpc) is 2.76. The van der Waals surface area contributed by atoms with E-state index in [4.69, 9.17) is 5.73 Å².